The molecule has 0 saturated carbocycles. The van der Waals surface area contributed by atoms with E-state index in [1.165, 1.54) is 13.2 Å². The van der Waals surface area contributed by atoms with Crippen molar-refractivity contribution in [1.29, 1.82) is 0 Å². The summed E-state index contributed by atoms with van der Waals surface area (Å²) in [6.07, 6.45) is 7.39. The Hall–Kier alpha value is -1.53. The number of rotatable bonds is 6. The van der Waals surface area contributed by atoms with E-state index in [0.29, 0.717) is 0 Å². The van der Waals surface area contributed by atoms with Crippen LogP contribution in [-0.2, 0) is 0 Å². The predicted octanol–water partition coefficient (Wildman–Crippen LogP) is 3.29. The van der Waals surface area contributed by atoms with E-state index < -0.39 is 0 Å². The van der Waals surface area contributed by atoms with E-state index in [1.54, 1.807) is 6.07 Å². The van der Waals surface area contributed by atoms with Gasteiger partial charge in [0.05, 0.1) is 13.2 Å². The van der Waals surface area contributed by atoms with Crippen LogP contribution in [0.3, 0.4) is 0 Å². The Morgan fingerprint density at radius 1 is 1.50 bits per heavy atom. The molecule has 2 unspecified atom stereocenters. The van der Waals surface area contributed by atoms with Crippen molar-refractivity contribution in [2.24, 2.45) is 0 Å². The van der Waals surface area contributed by atoms with E-state index in [0.717, 1.165) is 18.4 Å². The van der Waals surface area contributed by atoms with Crippen LogP contribution in [-0.4, -0.2) is 13.2 Å². The summed E-state index contributed by atoms with van der Waals surface area (Å²) in [7, 11) is 1.45. The molecule has 3 heteroatoms. The van der Waals surface area contributed by atoms with Crippen LogP contribution in [0.4, 0.5) is 4.39 Å². The van der Waals surface area contributed by atoms with E-state index in [2.05, 4.69) is 18.2 Å². The highest BCUT2D eigenvalue weighted by atomic mass is 19.1. The fourth-order valence-corrected chi connectivity index (χ4v) is 1.85. The predicted molar refractivity (Wildman–Crippen MR) is 72.0 cm³/mol. The van der Waals surface area contributed by atoms with Crippen molar-refractivity contribution in [3.8, 4) is 18.1 Å². The normalized spacial score (nSPS) is 13.7. The highest BCUT2D eigenvalue weighted by molar-refractivity contribution is 5.31. The van der Waals surface area contributed by atoms with Gasteiger partial charge >= 0.3 is 0 Å². The number of benzene rings is 1. The van der Waals surface area contributed by atoms with Gasteiger partial charge in [-0.05, 0) is 31.0 Å². The average Bonchev–Trinajstić information content (AvgIpc) is 2.37. The Morgan fingerprint density at radius 3 is 2.72 bits per heavy atom. The first kappa shape index (κ1) is 14.5. The number of halogens is 1. The lowest BCUT2D eigenvalue weighted by atomic mass is 10.1. The van der Waals surface area contributed by atoms with Crippen molar-refractivity contribution in [3.63, 3.8) is 0 Å². The summed E-state index contributed by atoms with van der Waals surface area (Å²) in [5.74, 6) is 2.62. The van der Waals surface area contributed by atoms with Crippen molar-refractivity contribution >= 4 is 0 Å². The number of terminal acetylenes is 1. The molecule has 0 saturated heterocycles. The molecular weight excluding hydrogens is 229 g/mol. The average molecular weight is 249 g/mol. The highest BCUT2D eigenvalue weighted by Crippen LogP contribution is 2.22. The Morgan fingerprint density at radius 2 is 2.22 bits per heavy atom. The minimum absolute atomic E-state index is 0.0120. The monoisotopic (exact) mass is 249 g/mol. The summed E-state index contributed by atoms with van der Waals surface area (Å²) in [6, 6.07) is 5.00. The Balaban J connectivity index is 2.75. The Bertz CT molecular complexity index is 425. The van der Waals surface area contributed by atoms with Crippen LogP contribution in [0.1, 0.15) is 38.3 Å². The fraction of sp³-hybridized carbons (Fsp3) is 0.467. The molecule has 2 atom stereocenters. The van der Waals surface area contributed by atoms with Crippen molar-refractivity contribution in [1.82, 2.24) is 5.32 Å². The van der Waals surface area contributed by atoms with Gasteiger partial charge in [-0.15, -0.1) is 6.42 Å². The molecule has 0 fully saturated rings. The van der Waals surface area contributed by atoms with Crippen LogP contribution in [0.15, 0.2) is 18.2 Å². The summed E-state index contributed by atoms with van der Waals surface area (Å²) in [4.78, 5) is 0. The molecule has 1 N–H and O–H groups in total. The molecule has 0 bridgehead atoms. The van der Waals surface area contributed by atoms with Gasteiger partial charge < -0.3 is 4.74 Å². The highest BCUT2D eigenvalue weighted by Gasteiger charge is 2.12. The topological polar surface area (TPSA) is 21.3 Å². The third-order valence-corrected chi connectivity index (χ3v) is 2.91. The molecule has 0 aliphatic carbocycles. The lowest BCUT2D eigenvalue weighted by Crippen LogP contribution is -2.30. The van der Waals surface area contributed by atoms with Gasteiger partial charge in [0.15, 0.2) is 11.6 Å². The molecule has 0 heterocycles. The maximum Gasteiger partial charge on any atom is 0.165 e. The Kier molecular flexibility index (Phi) is 5.67. The van der Waals surface area contributed by atoms with Crippen LogP contribution in [0.25, 0.3) is 0 Å². The molecular formula is C15H20FNO. The summed E-state index contributed by atoms with van der Waals surface area (Å²) < 4.78 is 18.5. The van der Waals surface area contributed by atoms with E-state index in [4.69, 9.17) is 11.2 Å². The third-order valence-electron chi connectivity index (χ3n) is 2.91. The summed E-state index contributed by atoms with van der Waals surface area (Å²) in [5, 5.41) is 3.30. The number of nitrogens with one attached hydrogen (secondary N) is 1. The van der Waals surface area contributed by atoms with E-state index in [1.807, 2.05) is 13.0 Å². The molecule has 0 radical (unpaired) electrons. The molecule has 0 spiro atoms. The van der Waals surface area contributed by atoms with Gasteiger partial charge in [0.2, 0.25) is 0 Å². The van der Waals surface area contributed by atoms with Crippen LogP contribution in [0, 0.1) is 18.2 Å². The minimum atomic E-state index is -0.351. The van der Waals surface area contributed by atoms with E-state index >= 15 is 0 Å². The molecule has 1 aromatic rings. The third kappa shape index (κ3) is 3.75. The second kappa shape index (κ2) is 7.03. The lowest BCUT2D eigenvalue weighted by Gasteiger charge is -2.19. The SMILES string of the molecule is C#CC(CCC)NC(C)c1ccc(OC)c(F)c1. The smallest absolute Gasteiger partial charge is 0.165 e. The van der Waals surface area contributed by atoms with Crippen LogP contribution in [0.2, 0.25) is 0 Å². The van der Waals surface area contributed by atoms with Gasteiger partial charge in [0.25, 0.3) is 0 Å². The zero-order valence-electron chi connectivity index (χ0n) is 11.2. The molecule has 0 aliphatic rings. The first-order valence-corrected chi connectivity index (χ1v) is 6.18. The van der Waals surface area contributed by atoms with Crippen molar-refractivity contribution in [2.75, 3.05) is 7.11 Å². The second-order valence-corrected chi connectivity index (χ2v) is 4.29. The van der Waals surface area contributed by atoms with Crippen LogP contribution < -0.4 is 10.1 Å². The number of hydrogen-bond donors (Lipinski definition) is 1. The Labute approximate surface area is 109 Å². The number of ether oxygens (including phenoxy) is 1. The van der Waals surface area contributed by atoms with E-state index in [-0.39, 0.29) is 23.7 Å². The summed E-state index contributed by atoms with van der Waals surface area (Å²) >= 11 is 0. The van der Waals surface area contributed by atoms with Gasteiger partial charge in [0.1, 0.15) is 0 Å². The quantitative estimate of drug-likeness (QED) is 0.781. The number of hydrogen-bond acceptors (Lipinski definition) is 2. The van der Waals surface area contributed by atoms with Crippen molar-refractivity contribution < 1.29 is 9.13 Å². The first-order chi connectivity index (χ1) is 8.62. The second-order valence-electron chi connectivity index (χ2n) is 4.29. The van der Waals surface area contributed by atoms with Crippen molar-refractivity contribution in [3.05, 3.63) is 29.6 Å². The molecule has 0 amide bonds. The van der Waals surface area contributed by atoms with Gasteiger partial charge in [-0.1, -0.05) is 25.3 Å². The summed E-state index contributed by atoms with van der Waals surface area (Å²) in [5.41, 5.74) is 0.865. The molecule has 18 heavy (non-hydrogen) atoms. The van der Waals surface area contributed by atoms with Crippen LogP contribution in [0.5, 0.6) is 5.75 Å². The zero-order valence-corrected chi connectivity index (χ0v) is 11.2. The maximum absolute atomic E-state index is 13.6. The maximum atomic E-state index is 13.6. The van der Waals surface area contributed by atoms with Crippen LogP contribution >= 0.6 is 0 Å². The molecule has 2 nitrogen and oxygen atoms in total. The lowest BCUT2D eigenvalue weighted by molar-refractivity contribution is 0.385. The fourth-order valence-electron chi connectivity index (χ4n) is 1.85. The van der Waals surface area contributed by atoms with E-state index in [9.17, 15) is 4.39 Å². The standard InChI is InChI=1S/C15H20FNO/c1-5-7-13(6-2)17-11(3)12-8-9-15(18-4)14(16)10-12/h2,8-11,13,17H,5,7H2,1,3-4H3. The minimum Gasteiger partial charge on any atom is -0.494 e. The van der Waals surface area contributed by atoms with Gasteiger partial charge in [-0.3, -0.25) is 5.32 Å². The van der Waals surface area contributed by atoms with Gasteiger partial charge in [-0.25, -0.2) is 4.39 Å². The molecule has 0 aliphatic heterocycles. The largest absolute Gasteiger partial charge is 0.494 e. The van der Waals surface area contributed by atoms with Gasteiger partial charge in [0, 0.05) is 6.04 Å². The molecule has 1 aromatic carbocycles. The summed E-state index contributed by atoms with van der Waals surface area (Å²) in [6.45, 7) is 4.06. The zero-order chi connectivity index (χ0) is 13.5. The van der Waals surface area contributed by atoms with Gasteiger partial charge in [-0.2, -0.15) is 0 Å². The number of methoxy groups -OCH3 is 1. The molecule has 0 aromatic heterocycles. The van der Waals surface area contributed by atoms with Crippen molar-refractivity contribution in [2.45, 2.75) is 38.8 Å². The first-order valence-electron chi connectivity index (χ1n) is 6.18. The molecule has 98 valence electrons. The molecule has 1 rings (SSSR count).